The van der Waals surface area contributed by atoms with Crippen molar-refractivity contribution in [3.8, 4) is 0 Å². The van der Waals surface area contributed by atoms with Crippen molar-refractivity contribution < 1.29 is 5.11 Å². The van der Waals surface area contributed by atoms with Crippen LogP contribution < -0.4 is 5.73 Å². The van der Waals surface area contributed by atoms with Gasteiger partial charge in [0.1, 0.15) is 0 Å². The van der Waals surface area contributed by atoms with Crippen LogP contribution in [0.5, 0.6) is 0 Å². The summed E-state index contributed by atoms with van der Waals surface area (Å²) in [5.74, 6) is 1.50. The van der Waals surface area contributed by atoms with E-state index in [1.807, 2.05) is 24.3 Å². The molecular formula is C14H21NOS. The standard InChI is InChI=1S/C14H21NOS/c15-13-7-3-4-8-14(13)17-10-12(16)9-11-5-1-2-6-11/h3-4,7-8,11-12,16H,1-2,5-6,9-10,15H2. The number of nitrogen functional groups attached to an aromatic ring is 1. The predicted octanol–water partition coefficient (Wildman–Crippen LogP) is 3.30. The zero-order valence-electron chi connectivity index (χ0n) is 10.1. The molecule has 2 rings (SSSR count). The van der Waals surface area contributed by atoms with E-state index in [1.165, 1.54) is 25.7 Å². The van der Waals surface area contributed by atoms with E-state index in [1.54, 1.807) is 11.8 Å². The molecule has 0 spiro atoms. The number of hydrogen-bond donors (Lipinski definition) is 2. The van der Waals surface area contributed by atoms with E-state index in [9.17, 15) is 5.11 Å². The minimum absolute atomic E-state index is 0.192. The number of benzene rings is 1. The third kappa shape index (κ3) is 3.93. The lowest BCUT2D eigenvalue weighted by Gasteiger charge is -2.15. The number of rotatable bonds is 5. The summed E-state index contributed by atoms with van der Waals surface area (Å²) in [6.45, 7) is 0. The Morgan fingerprint density at radius 1 is 1.29 bits per heavy atom. The Bertz CT molecular complexity index is 350. The molecular weight excluding hydrogens is 230 g/mol. The summed E-state index contributed by atoms with van der Waals surface area (Å²) in [7, 11) is 0. The Labute approximate surface area is 108 Å². The number of anilines is 1. The number of hydrogen-bond acceptors (Lipinski definition) is 3. The summed E-state index contributed by atoms with van der Waals surface area (Å²) in [6.07, 6.45) is 6.05. The molecule has 1 unspecified atom stereocenters. The van der Waals surface area contributed by atoms with Crippen molar-refractivity contribution in [1.29, 1.82) is 0 Å². The summed E-state index contributed by atoms with van der Waals surface area (Å²) in [5.41, 5.74) is 6.68. The molecule has 17 heavy (non-hydrogen) atoms. The van der Waals surface area contributed by atoms with Crippen LogP contribution in [0.3, 0.4) is 0 Å². The van der Waals surface area contributed by atoms with E-state index in [4.69, 9.17) is 5.73 Å². The summed E-state index contributed by atoms with van der Waals surface area (Å²) in [4.78, 5) is 1.08. The van der Waals surface area contributed by atoms with Gasteiger partial charge < -0.3 is 10.8 Å². The molecule has 1 aliphatic rings. The van der Waals surface area contributed by atoms with Crippen LogP contribution in [-0.2, 0) is 0 Å². The highest BCUT2D eigenvalue weighted by atomic mass is 32.2. The lowest BCUT2D eigenvalue weighted by molar-refractivity contribution is 0.166. The van der Waals surface area contributed by atoms with Crippen molar-refractivity contribution in [2.75, 3.05) is 11.5 Å². The first kappa shape index (κ1) is 12.8. The second-order valence-corrected chi connectivity index (χ2v) is 5.95. The van der Waals surface area contributed by atoms with Crippen molar-refractivity contribution in [3.63, 3.8) is 0 Å². The fraction of sp³-hybridized carbons (Fsp3) is 0.571. The van der Waals surface area contributed by atoms with Crippen molar-refractivity contribution in [3.05, 3.63) is 24.3 Å². The number of nitrogens with two attached hydrogens (primary N) is 1. The van der Waals surface area contributed by atoms with Gasteiger partial charge in [-0.05, 0) is 24.5 Å². The fourth-order valence-electron chi connectivity index (χ4n) is 2.50. The van der Waals surface area contributed by atoms with E-state index >= 15 is 0 Å². The maximum absolute atomic E-state index is 10.0. The van der Waals surface area contributed by atoms with E-state index in [0.29, 0.717) is 0 Å². The molecule has 1 aliphatic carbocycles. The highest BCUT2D eigenvalue weighted by Crippen LogP contribution is 2.31. The van der Waals surface area contributed by atoms with Crippen molar-refractivity contribution in [2.45, 2.75) is 43.1 Å². The molecule has 3 N–H and O–H groups in total. The Balaban J connectivity index is 1.75. The van der Waals surface area contributed by atoms with Crippen LogP contribution in [-0.4, -0.2) is 17.0 Å². The number of para-hydroxylation sites is 1. The Kier molecular flexibility index (Phi) is 4.75. The Hall–Kier alpha value is -0.670. The average molecular weight is 251 g/mol. The second kappa shape index (κ2) is 6.31. The van der Waals surface area contributed by atoms with Crippen LogP contribution in [0.15, 0.2) is 29.2 Å². The normalized spacial score (nSPS) is 18.4. The van der Waals surface area contributed by atoms with Gasteiger partial charge in [0, 0.05) is 16.3 Å². The third-order valence-corrected chi connectivity index (χ3v) is 4.66. The molecule has 94 valence electrons. The molecule has 2 nitrogen and oxygen atoms in total. The monoisotopic (exact) mass is 251 g/mol. The van der Waals surface area contributed by atoms with Gasteiger partial charge in [0.15, 0.2) is 0 Å². The van der Waals surface area contributed by atoms with Crippen molar-refractivity contribution in [1.82, 2.24) is 0 Å². The third-order valence-electron chi connectivity index (χ3n) is 3.43. The maximum atomic E-state index is 10.0. The van der Waals surface area contributed by atoms with E-state index in [2.05, 4.69) is 0 Å². The number of aliphatic hydroxyl groups is 1. The lowest BCUT2D eigenvalue weighted by Crippen LogP contribution is -2.14. The zero-order valence-corrected chi connectivity index (χ0v) is 11.0. The molecule has 3 heteroatoms. The lowest BCUT2D eigenvalue weighted by atomic mass is 10.0. The van der Waals surface area contributed by atoms with Gasteiger partial charge in [0.05, 0.1) is 6.10 Å². The maximum Gasteiger partial charge on any atom is 0.0636 e. The van der Waals surface area contributed by atoms with Gasteiger partial charge >= 0.3 is 0 Å². The highest BCUT2D eigenvalue weighted by Gasteiger charge is 2.18. The fourth-order valence-corrected chi connectivity index (χ4v) is 3.41. The van der Waals surface area contributed by atoms with Gasteiger partial charge in [-0.15, -0.1) is 11.8 Å². The quantitative estimate of drug-likeness (QED) is 0.623. The SMILES string of the molecule is Nc1ccccc1SCC(O)CC1CCCC1. The van der Waals surface area contributed by atoms with Crippen LogP contribution in [0.25, 0.3) is 0 Å². The molecule has 1 atom stereocenters. The molecule has 0 bridgehead atoms. The molecule has 0 heterocycles. The molecule has 0 saturated heterocycles. The first-order chi connectivity index (χ1) is 8.25. The van der Waals surface area contributed by atoms with Crippen LogP contribution in [0.1, 0.15) is 32.1 Å². The number of thioether (sulfide) groups is 1. The van der Waals surface area contributed by atoms with E-state index in [0.717, 1.165) is 28.7 Å². The smallest absolute Gasteiger partial charge is 0.0636 e. The predicted molar refractivity (Wildman–Crippen MR) is 74.2 cm³/mol. The van der Waals surface area contributed by atoms with Crippen LogP contribution >= 0.6 is 11.8 Å². The van der Waals surface area contributed by atoms with Gasteiger partial charge in [-0.2, -0.15) is 0 Å². The molecule has 1 aromatic carbocycles. The van der Waals surface area contributed by atoms with Crippen LogP contribution in [0.2, 0.25) is 0 Å². The largest absolute Gasteiger partial charge is 0.398 e. The molecule has 0 aromatic heterocycles. The van der Waals surface area contributed by atoms with Crippen LogP contribution in [0.4, 0.5) is 5.69 Å². The second-order valence-electron chi connectivity index (χ2n) is 4.89. The summed E-state index contributed by atoms with van der Waals surface area (Å²) in [5, 5.41) is 10.0. The Morgan fingerprint density at radius 3 is 2.71 bits per heavy atom. The highest BCUT2D eigenvalue weighted by molar-refractivity contribution is 7.99. The van der Waals surface area contributed by atoms with Gasteiger partial charge in [0.25, 0.3) is 0 Å². The number of aliphatic hydroxyl groups excluding tert-OH is 1. The Morgan fingerprint density at radius 2 is 2.00 bits per heavy atom. The minimum atomic E-state index is -0.192. The zero-order chi connectivity index (χ0) is 12.1. The minimum Gasteiger partial charge on any atom is -0.398 e. The summed E-state index contributed by atoms with van der Waals surface area (Å²) >= 11 is 1.66. The molecule has 0 aliphatic heterocycles. The summed E-state index contributed by atoms with van der Waals surface area (Å²) in [6, 6.07) is 7.85. The van der Waals surface area contributed by atoms with Gasteiger partial charge in [-0.25, -0.2) is 0 Å². The molecule has 1 fully saturated rings. The van der Waals surface area contributed by atoms with Crippen LogP contribution in [0, 0.1) is 5.92 Å². The molecule has 0 amide bonds. The first-order valence-electron chi connectivity index (χ1n) is 6.41. The van der Waals surface area contributed by atoms with Gasteiger partial charge in [0.2, 0.25) is 0 Å². The van der Waals surface area contributed by atoms with Crippen molar-refractivity contribution >= 4 is 17.4 Å². The van der Waals surface area contributed by atoms with Crippen molar-refractivity contribution in [2.24, 2.45) is 5.92 Å². The van der Waals surface area contributed by atoms with E-state index < -0.39 is 0 Å². The first-order valence-corrected chi connectivity index (χ1v) is 7.39. The summed E-state index contributed by atoms with van der Waals surface area (Å²) < 4.78 is 0. The molecule has 1 aromatic rings. The average Bonchev–Trinajstić information content (AvgIpc) is 2.81. The van der Waals surface area contributed by atoms with E-state index in [-0.39, 0.29) is 6.10 Å². The molecule has 0 radical (unpaired) electrons. The van der Waals surface area contributed by atoms with Gasteiger partial charge in [-0.3, -0.25) is 0 Å². The topological polar surface area (TPSA) is 46.2 Å². The molecule has 1 saturated carbocycles. The van der Waals surface area contributed by atoms with Gasteiger partial charge in [-0.1, -0.05) is 37.8 Å².